The summed E-state index contributed by atoms with van der Waals surface area (Å²) in [5.41, 5.74) is 7.35. The molecular weight excluding hydrogens is 242 g/mol. The third kappa shape index (κ3) is 3.38. The number of carbonyl (C=O) groups is 1. The maximum atomic E-state index is 11.8. The van der Waals surface area contributed by atoms with Crippen LogP contribution in [-0.4, -0.2) is 26.7 Å². The molecule has 0 fully saturated rings. The van der Waals surface area contributed by atoms with Gasteiger partial charge in [0.05, 0.1) is 11.7 Å². The molecule has 1 amide bonds. The maximum Gasteiger partial charge on any atom is 0.241 e. The van der Waals surface area contributed by atoms with Crippen LogP contribution in [0.4, 0.5) is 5.69 Å². The highest BCUT2D eigenvalue weighted by atomic mass is 16.2. The predicted molar refractivity (Wildman–Crippen MR) is 72.9 cm³/mol. The number of nitrogens with one attached hydrogen (secondary N) is 1. The molecule has 0 aliphatic carbocycles. The van der Waals surface area contributed by atoms with Crippen molar-refractivity contribution in [2.75, 3.05) is 5.32 Å². The second-order valence-electron chi connectivity index (χ2n) is 4.27. The standard InChI is InChI=1S/C13H17N5O/c1-2-3-12(14)13(19)17-10-4-6-11(7-5-10)18-9-15-8-16-18/h4-9,12H,2-3,14H2,1H3,(H,17,19)/t12-/m1/s1. The fourth-order valence-electron chi connectivity index (χ4n) is 1.72. The lowest BCUT2D eigenvalue weighted by Crippen LogP contribution is -2.35. The van der Waals surface area contributed by atoms with Gasteiger partial charge in [0.2, 0.25) is 5.91 Å². The summed E-state index contributed by atoms with van der Waals surface area (Å²) in [7, 11) is 0. The lowest BCUT2D eigenvalue weighted by molar-refractivity contribution is -0.117. The third-order valence-electron chi connectivity index (χ3n) is 2.75. The minimum absolute atomic E-state index is 0.157. The van der Waals surface area contributed by atoms with E-state index in [1.165, 1.54) is 6.33 Å². The topological polar surface area (TPSA) is 85.8 Å². The zero-order chi connectivity index (χ0) is 13.7. The largest absolute Gasteiger partial charge is 0.325 e. The summed E-state index contributed by atoms with van der Waals surface area (Å²) in [6, 6.07) is 6.88. The number of nitrogens with two attached hydrogens (primary N) is 1. The van der Waals surface area contributed by atoms with Crippen molar-refractivity contribution in [2.45, 2.75) is 25.8 Å². The van der Waals surface area contributed by atoms with Crippen molar-refractivity contribution in [2.24, 2.45) is 5.73 Å². The molecule has 1 heterocycles. The van der Waals surface area contributed by atoms with E-state index < -0.39 is 6.04 Å². The Morgan fingerprint density at radius 1 is 1.42 bits per heavy atom. The van der Waals surface area contributed by atoms with Crippen molar-refractivity contribution in [3.63, 3.8) is 0 Å². The Morgan fingerprint density at radius 3 is 2.74 bits per heavy atom. The van der Waals surface area contributed by atoms with Crippen LogP contribution in [0.5, 0.6) is 0 Å². The molecule has 0 bridgehead atoms. The second-order valence-corrected chi connectivity index (χ2v) is 4.27. The van der Waals surface area contributed by atoms with Crippen LogP contribution >= 0.6 is 0 Å². The van der Waals surface area contributed by atoms with E-state index in [-0.39, 0.29) is 5.91 Å². The Bertz CT molecular complexity index is 520. The number of benzene rings is 1. The second kappa shape index (κ2) is 6.10. The molecule has 6 heteroatoms. The molecule has 0 radical (unpaired) electrons. The SMILES string of the molecule is CCC[C@@H](N)C(=O)Nc1ccc(-n2cncn2)cc1. The fraction of sp³-hybridized carbons (Fsp3) is 0.308. The van der Waals surface area contributed by atoms with Gasteiger partial charge in [0.15, 0.2) is 0 Å². The number of hydrogen-bond acceptors (Lipinski definition) is 4. The molecule has 2 aromatic rings. The maximum absolute atomic E-state index is 11.8. The zero-order valence-electron chi connectivity index (χ0n) is 10.8. The Morgan fingerprint density at radius 2 is 2.16 bits per heavy atom. The summed E-state index contributed by atoms with van der Waals surface area (Å²) in [6.07, 6.45) is 4.66. The average molecular weight is 259 g/mol. The van der Waals surface area contributed by atoms with Crippen LogP contribution in [0.2, 0.25) is 0 Å². The quantitative estimate of drug-likeness (QED) is 0.848. The molecule has 0 aliphatic heterocycles. The first-order valence-electron chi connectivity index (χ1n) is 6.22. The van der Waals surface area contributed by atoms with E-state index >= 15 is 0 Å². The molecule has 100 valence electrons. The number of nitrogens with zero attached hydrogens (tertiary/aromatic N) is 3. The van der Waals surface area contributed by atoms with Gasteiger partial charge in [0, 0.05) is 5.69 Å². The first kappa shape index (κ1) is 13.2. The number of aromatic nitrogens is 3. The fourth-order valence-corrected chi connectivity index (χ4v) is 1.72. The van der Waals surface area contributed by atoms with Gasteiger partial charge in [-0.15, -0.1) is 0 Å². The number of carbonyl (C=O) groups excluding carboxylic acids is 1. The van der Waals surface area contributed by atoms with Crippen molar-refractivity contribution in [1.82, 2.24) is 14.8 Å². The van der Waals surface area contributed by atoms with Gasteiger partial charge in [-0.25, -0.2) is 9.67 Å². The highest BCUT2D eigenvalue weighted by molar-refractivity contribution is 5.94. The van der Waals surface area contributed by atoms with Crippen LogP contribution in [0.1, 0.15) is 19.8 Å². The highest BCUT2D eigenvalue weighted by Gasteiger charge is 2.12. The average Bonchev–Trinajstić information content (AvgIpc) is 2.94. The van der Waals surface area contributed by atoms with Crippen LogP contribution in [0.25, 0.3) is 5.69 Å². The van der Waals surface area contributed by atoms with Crippen LogP contribution in [0.15, 0.2) is 36.9 Å². The Balaban J connectivity index is 2.01. The number of anilines is 1. The molecule has 1 aromatic carbocycles. The van der Waals surface area contributed by atoms with E-state index in [4.69, 9.17) is 5.73 Å². The molecule has 1 aromatic heterocycles. The first-order chi connectivity index (χ1) is 9.20. The van der Waals surface area contributed by atoms with Gasteiger partial charge in [0.1, 0.15) is 12.7 Å². The van der Waals surface area contributed by atoms with E-state index in [1.807, 2.05) is 31.2 Å². The summed E-state index contributed by atoms with van der Waals surface area (Å²) in [6.45, 7) is 2.00. The van der Waals surface area contributed by atoms with Gasteiger partial charge in [-0.1, -0.05) is 13.3 Å². The van der Waals surface area contributed by atoms with E-state index in [1.54, 1.807) is 11.0 Å². The van der Waals surface area contributed by atoms with Crippen molar-refractivity contribution >= 4 is 11.6 Å². The minimum Gasteiger partial charge on any atom is -0.325 e. The monoisotopic (exact) mass is 259 g/mol. The molecule has 1 atom stereocenters. The zero-order valence-corrected chi connectivity index (χ0v) is 10.8. The van der Waals surface area contributed by atoms with Gasteiger partial charge in [0.25, 0.3) is 0 Å². The highest BCUT2D eigenvalue weighted by Crippen LogP contribution is 2.12. The normalized spacial score (nSPS) is 12.1. The van der Waals surface area contributed by atoms with Gasteiger partial charge < -0.3 is 11.1 Å². The van der Waals surface area contributed by atoms with Crippen molar-refractivity contribution in [3.8, 4) is 5.69 Å². The van der Waals surface area contributed by atoms with Gasteiger partial charge >= 0.3 is 0 Å². The molecule has 0 saturated heterocycles. The molecule has 0 unspecified atom stereocenters. The molecule has 6 nitrogen and oxygen atoms in total. The van der Waals surface area contributed by atoms with E-state index in [2.05, 4.69) is 15.4 Å². The molecule has 0 spiro atoms. The van der Waals surface area contributed by atoms with Crippen molar-refractivity contribution in [1.29, 1.82) is 0 Å². The van der Waals surface area contributed by atoms with Crippen molar-refractivity contribution in [3.05, 3.63) is 36.9 Å². The lowest BCUT2D eigenvalue weighted by Gasteiger charge is -2.11. The van der Waals surface area contributed by atoms with Gasteiger partial charge in [-0.2, -0.15) is 5.10 Å². The minimum atomic E-state index is -0.458. The predicted octanol–water partition coefficient (Wildman–Crippen LogP) is 1.33. The molecule has 3 N–H and O–H groups in total. The summed E-state index contributed by atoms with van der Waals surface area (Å²) in [5, 5.41) is 6.82. The summed E-state index contributed by atoms with van der Waals surface area (Å²) in [5.74, 6) is -0.157. The molecule has 19 heavy (non-hydrogen) atoms. The number of amides is 1. The van der Waals surface area contributed by atoms with Crippen LogP contribution in [0, 0.1) is 0 Å². The summed E-state index contributed by atoms with van der Waals surface area (Å²) < 4.78 is 1.65. The Labute approximate surface area is 111 Å². The first-order valence-corrected chi connectivity index (χ1v) is 6.22. The smallest absolute Gasteiger partial charge is 0.241 e. The molecule has 0 aliphatic rings. The van der Waals surface area contributed by atoms with Crippen LogP contribution in [0.3, 0.4) is 0 Å². The van der Waals surface area contributed by atoms with Crippen LogP contribution < -0.4 is 11.1 Å². The Kier molecular flexibility index (Phi) is 4.25. The summed E-state index contributed by atoms with van der Waals surface area (Å²) >= 11 is 0. The van der Waals surface area contributed by atoms with Gasteiger partial charge in [-0.05, 0) is 30.7 Å². The van der Waals surface area contributed by atoms with E-state index in [0.717, 1.165) is 17.8 Å². The van der Waals surface area contributed by atoms with E-state index in [9.17, 15) is 4.79 Å². The number of rotatable bonds is 5. The summed E-state index contributed by atoms with van der Waals surface area (Å²) in [4.78, 5) is 15.6. The van der Waals surface area contributed by atoms with Crippen LogP contribution in [-0.2, 0) is 4.79 Å². The number of hydrogen-bond donors (Lipinski definition) is 2. The van der Waals surface area contributed by atoms with E-state index in [0.29, 0.717) is 6.42 Å². The van der Waals surface area contributed by atoms with Crippen molar-refractivity contribution < 1.29 is 4.79 Å². The third-order valence-corrected chi connectivity index (χ3v) is 2.75. The molecule has 0 saturated carbocycles. The molecule has 2 rings (SSSR count). The Hall–Kier alpha value is -2.21. The van der Waals surface area contributed by atoms with Gasteiger partial charge in [-0.3, -0.25) is 4.79 Å². The lowest BCUT2D eigenvalue weighted by atomic mass is 10.1. The molecular formula is C13H17N5O.